The van der Waals surface area contributed by atoms with Crippen LogP contribution in [0.2, 0.25) is 0 Å². The smallest absolute Gasteiger partial charge is 0.0846 e. The highest BCUT2D eigenvalue weighted by molar-refractivity contribution is 5.18. The van der Waals surface area contributed by atoms with Gasteiger partial charge in [-0.1, -0.05) is 70.9 Å². The second-order valence-corrected chi connectivity index (χ2v) is 4.68. The number of rotatable bonds is 6. The quantitative estimate of drug-likeness (QED) is 0.469. The molecule has 0 amide bonds. The fourth-order valence-electron chi connectivity index (χ4n) is 1.79. The molecule has 0 heterocycles. The van der Waals surface area contributed by atoms with E-state index >= 15 is 0 Å². The first-order valence-electron chi connectivity index (χ1n) is 7.16. The van der Waals surface area contributed by atoms with Gasteiger partial charge in [-0.2, -0.15) is 0 Å². The van der Waals surface area contributed by atoms with E-state index < -0.39 is 12.2 Å². The topological polar surface area (TPSA) is 138 Å². The van der Waals surface area contributed by atoms with Gasteiger partial charge in [-0.05, 0) is 22.2 Å². The Bertz CT molecular complexity index is 621. The molecule has 0 radical (unpaired) electrons. The van der Waals surface area contributed by atoms with E-state index in [0.29, 0.717) is 0 Å². The molecule has 0 aliphatic carbocycles. The highest BCUT2D eigenvalue weighted by Gasteiger charge is 2.04. The maximum atomic E-state index is 9.39. The Morgan fingerprint density at radius 3 is 1.33 bits per heavy atom. The standard InChI is InChI=1S/2C8H9N3O/c2*9-11-10-6-8(12)7-4-2-1-3-5-7/h2*1-5,8,12H,6H2/t2*8-/m10/s1. The maximum absolute atomic E-state index is 9.39. The van der Waals surface area contributed by atoms with Crippen LogP contribution in [0.1, 0.15) is 23.3 Å². The van der Waals surface area contributed by atoms with Gasteiger partial charge in [-0.3, -0.25) is 0 Å². The van der Waals surface area contributed by atoms with Crippen LogP contribution in [-0.2, 0) is 0 Å². The fraction of sp³-hybridized carbons (Fsp3) is 0.250. The molecule has 2 N–H and O–H groups in total. The molecular formula is C16H18N6O2. The lowest BCUT2D eigenvalue weighted by Gasteiger charge is -2.05. The van der Waals surface area contributed by atoms with Gasteiger partial charge < -0.3 is 10.2 Å². The van der Waals surface area contributed by atoms with Crippen molar-refractivity contribution in [1.82, 2.24) is 0 Å². The van der Waals surface area contributed by atoms with Crippen molar-refractivity contribution in [1.29, 1.82) is 0 Å². The van der Waals surface area contributed by atoms with E-state index in [1.54, 1.807) is 24.3 Å². The molecule has 0 unspecified atom stereocenters. The van der Waals surface area contributed by atoms with Gasteiger partial charge in [0.2, 0.25) is 0 Å². The van der Waals surface area contributed by atoms with Crippen molar-refractivity contribution in [3.8, 4) is 0 Å². The highest BCUT2D eigenvalue weighted by atomic mass is 16.3. The molecule has 0 saturated heterocycles. The number of hydrogen-bond acceptors (Lipinski definition) is 4. The van der Waals surface area contributed by atoms with E-state index in [-0.39, 0.29) is 13.1 Å². The summed E-state index contributed by atoms with van der Waals surface area (Å²) < 4.78 is 0. The number of aliphatic hydroxyl groups excluding tert-OH is 2. The molecule has 24 heavy (non-hydrogen) atoms. The zero-order valence-electron chi connectivity index (χ0n) is 12.9. The molecule has 0 aromatic heterocycles. The first-order valence-corrected chi connectivity index (χ1v) is 7.16. The van der Waals surface area contributed by atoms with Crippen LogP contribution in [0.5, 0.6) is 0 Å². The Morgan fingerprint density at radius 2 is 1.04 bits per heavy atom. The number of hydrogen-bond donors (Lipinski definition) is 2. The Balaban J connectivity index is 0.000000240. The molecule has 0 bridgehead atoms. The van der Waals surface area contributed by atoms with Crippen LogP contribution in [0.25, 0.3) is 20.9 Å². The van der Waals surface area contributed by atoms with E-state index in [9.17, 15) is 10.2 Å². The zero-order valence-corrected chi connectivity index (χ0v) is 12.9. The molecule has 8 nitrogen and oxygen atoms in total. The molecule has 0 aliphatic heterocycles. The number of nitrogens with zero attached hydrogens (tertiary/aromatic N) is 6. The summed E-state index contributed by atoms with van der Waals surface area (Å²) in [6, 6.07) is 18.2. The third kappa shape index (κ3) is 7.31. The van der Waals surface area contributed by atoms with E-state index in [2.05, 4.69) is 20.1 Å². The summed E-state index contributed by atoms with van der Waals surface area (Å²) in [5.41, 5.74) is 17.6. The molecule has 2 aromatic rings. The van der Waals surface area contributed by atoms with Gasteiger partial charge in [0.25, 0.3) is 0 Å². The molecular weight excluding hydrogens is 308 g/mol. The molecule has 2 aromatic carbocycles. The Morgan fingerprint density at radius 1 is 0.708 bits per heavy atom. The third-order valence-corrected chi connectivity index (χ3v) is 3.00. The van der Waals surface area contributed by atoms with Crippen LogP contribution in [0, 0.1) is 0 Å². The average Bonchev–Trinajstić information content (AvgIpc) is 2.66. The second-order valence-electron chi connectivity index (χ2n) is 4.68. The predicted octanol–water partition coefficient (Wildman–Crippen LogP) is 4.06. The van der Waals surface area contributed by atoms with Gasteiger partial charge in [0, 0.05) is 9.82 Å². The minimum Gasteiger partial charge on any atom is -0.388 e. The lowest BCUT2D eigenvalue weighted by atomic mass is 10.1. The molecule has 0 saturated carbocycles. The van der Waals surface area contributed by atoms with Crippen LogP contribution in [0.4, 0.5) is 0 Å². The lowest BCUT2D eigenvalue weighted by Crippen LogP contribution is -1.99. The summed E-state index contributed by atoms with van der Waals surface area (Å²) in [6.45, 7) is 0.168. The maximum Gasteiger partial charge on any atom is 0.0846 e. The highest BCUT2D eigenvalue weighted by Crippen LogP contribution is 2.12. The van der Waals surface area contributed by atoms with E-state index in [0.717, 1.165) is 11.1 Å². The first-order chi connectivity index (χ1) is 11.7. The zero-order chi connectivity index (χ0) is 17.6. The summed E-state index contributed by atoms with van der Waals surface area (Å²) in [7, 11) is 0. The lowest BCUT2D eigenvalue weighted by molar-refractivity contribution is 0.186. The first kappa shape index (κ1) is 19.0. The van der Waals surface area contributed by atoms with Crippen molar-refractivity contribution in [2.75, 3.05) is 13.1 Å². The number of benzene rings is 2. The summed E-state index contributed by atoms with van der Waals surface area (Å²) in [6.07, 6.45) is -1.39. The minimum atomic E-state index is -0.693. The molecule has 0 aliphatic rings. The van der Waals surface area contributed by atoms with Gasteiger partial charge >= 0.3 is 0 Å². The Labute approximate surface area is 139 Å². The molecule has 2 rings (SSSR count). The van der Waals surface area contributed by atoms with Crippen molar-refractivity contribution in [3.05, 3.63) is 92.7 Å². The van der Waals surface area contributed by atoms with Crippen molar-refractivity contribution < 1.29 is 10.2 Å². The summed E-state index contributed by atoms with van der Waals surface area (Å²) in [5.74, 6) is 0. The Kier molecular flexibility index (Phi) is 9.14. The van der Waals surface area contributed by atoms with Gasteiger partial charge in [-0.15, -0.1) is 0 Å². The van der Waals surface area contributed by atoms with Crippen molar-refractivity contribution in [2.45, 2.75) is 12.2 Å². The summed E-state index contributed by atoms with van der Waals surface area (Å²) in [4.78, 5) is 5.13. The van der Waals surface area contributed by atoms with Crippen LogP contribution in [-0.4, -0.2) is 23.3 Å². The number of aliphatic hydroxyl groups is 2. The summed E-state index contributed by atoms with van der Waals surface area (Å²) in [5, 5.41) is 25.3. The van der Waals surface area contributed by atoms with Gasteiger partial charge in [-0.25, -0.2) is 0 Å². The fourth-order valence-corrected chi connectivity index (χ4v) is 1.79. The number of azide groups is 2. The summed E-state index contributed by atoms with van der Waals surface area (Å²) >= 11 is 0. The molecule has 2 atom stereocenters. The second kappa shape index (κ2) is 11.5. The monoisotopic (exact) mass is 326 g/mol. The van der Waals surface area contributed by atoms with E-state index in [1.165, 1.54) is 0 Å². The van der Waals surface area contributed by atoms with Crippen LogP contribution in [0.15, 0.2) is 70.9 Å². The third-order valence-electron chi connectivity index (χ3n) is 3.00. The molecule has 124 valence electrons. The van der Waals surface area contributed by atoms with Crippen LogP contribution >= 0.6 is 0 Å². The van der Waals surface area contributed by atoms with Crippen molar-refractivity contribution in [3.63, 3.8) is 0 Å². The molecule has 8 heteroatoms. The van der Waals surface area contributed by atoms with Gasteiger partial charge in [0.1, 0.15) is 0 Å². The SMILES string of the molecule is [N-]=[N+]=NC[C@@H](O)c1ccccc1.[N-]=[N+]=NC[C@H](O)c1ccccc1. The predicted molar refractivity (Wildman–Crippen MR) is 90.8 cm³/mol. The van der Waals surface area contributed by atoms with Crippen molar-refractivity contribution in [2.24, 2.45) is 10.2 Å². The Hall–Kier alpha value is -3.02. The molecule has 0 spiro atoms. The van der Waals surface area contributed by atoms with Crippen molar-refractivity contribution >= 4 is 0 Å². The minimum absolute atomic E-state index is 0.0838. The average molecular weight is 326 g/mol. The van der Waals surface area contributed by atoms with Crippen LogP contribution in [0.3, 0.4) is 0 Å². The van der Waals surface area contributed by atoms with Gasteiger partial charge in [0.05, 0.1) is 25.3 Å². The van der Waals surface area contributed by atoms with Crippen LogP contribution < -0.4 is 0 Å². The van der Waals surface area contributed by atoms with E-state index in [1.807, 2.05) is 36.4 Å². The van der Waals surface area contributed by atoms with E-state index in [4.69, 9.17) is 11.1 Å². The molecule has 0 fully saturated rings. The van der Waals surface area contributed by atoms with Gasteiger partial charge in [0.15, 0.2) is 0 Å². The normalized spacial score (nSPS) is 11.8. The largest absolute Gasteiger partial charge is 0.388 e.